The summed E-state index contributed by atoms with van der Waals surface area (Å²) in [5.74, 6) is -0.00468. The van der Waals surface area contributed by atoms with Gasteiger partial charge in [-0.3, -0.25) is 10.1 Å². The van der Waals surface area contributed by atoms with Crippen molar-refractivity contribution in [1.82, 2.24) is 4.98 Å². The molecule has 1 unspecified atom stereocenters. The van der Waals surface area contributed by atoms with Crippen molar-refractivity contribution >= 4 is 34.0 Å². The number of aromatic nitrogens is 1. The van der Waals surface area contributed by atoms with Crippen LogP contribution in [0.25, 0.3) is 0 Å². The Morgan fingerprint density at radius 3 is 2.80 bits per heavy atom. The van der Waals surface area contributed by atoms with Crippen LogP contribution < -0.4 is 10.2 Å². The molecule has 1 aromatic carbocycles. The number of benzene rings is 1. The summed E-state index contributed by atoms with van der Waals surface area (Å²) >= 11 is 7.69. The maximum Gasteiger partial charge on any atom is 0.281 e. The quantitative estimate of drug-likeness (QED) is 0.834. The minimum absolute atomic E-state index is 0.00468. The molecule has 25 heavy (non-hydrogen) atoms. The molecule has 5 nitrogen and oxygen atoms in total. The zero-order valence-electron chi connectivity index (χ0n) is 14.4. The highest BCUT2D eigenvalue weighted by molar-refractivity contribution is 7.15. The molecule has 3 rings (SSSR count). The van der Waals surface area contributed by atoms with Crippen LogP contribution in [-0.4, -0.2) is 42.7 Å². The van der Waals surface area contributed by atoms with E-state index in [9.17, 15) is 4.79 Å². The SMILES string of the molecule is C[C@@H]1C[NH+](CC(=O)Nc2ncc(Cc3ccccc3Cl)s2)C[C@H](C)O1. The molecule has 1 aromatic heterocycles. The Hall–Kier alpha value is -1.47. The molecule has 7 heteroatoms. The number of rotatable bonds is 5. The maximum absolute atomic E-state index is 12.3. The largest absolute Gasteiger partial charge is 0.364 e. The van der Waals surface area contributed by atoms with Gasteiger partial charge in [0.05, 0.1) is 0 Å². The Balaban J connectivity index is 1.54. The van der Waals surface area contributed by atoms with Gasteiger partial charge < -0.3 is 9.64 Å². The van der Waals surface area contributed by atoms with Crippen molar-refractivity contribution < 1.29 is 14.4 Å². The van der Waals surface area contributed by atoms with Crippen LogP contribution in [-0.2, 0) is 16.0 Å². The lowest BCUT2D eigenvalue weighted by atomic mass is 10.1. The minimum atomic E-state index is -0.00468. The van der Waals surface area contributed by atoms with Crippen LogP contribution in [0.2, 0.25) is 5.02 Å². The third-order valence-corrected chi connectivity index (χ3v) is 5.43. The van der Waals surface area contributed by atoms with Gasteiger partial charge in [-0.15, -0.1) is 11.3 Å². The number of amides is 1. The summed E-state index contributed by atoms with van der Waals surface area (Å²) in [6.45, 7) is 6.25. The monoisotopic (exact) mass is 380 g/mol. The number of halogens is 1. The summed E-state index contributed by atoms with van der Waals surface area (Å²) in [4.78, 5) is 18.9. The average molecular weight is 381 g/mol. The third kappa shape index (κ3) is 5.25. The molecular formula is C18H23ClN3O2S+. The van der Waals surface area contributed by atoms with Gasteiger partial charge in [0.2, 0.25) is 0 Å². The zero-order valence-corrected chi connectivity index (χ0v) is 16.0. The fourth-order valence-electron chi connectivity index (χ4n) is 3.20. The van der Waals surface area contributed by atoms with Gasteiger partial charge in [-0.1, -0.05) is 29.8 Å². The van der Waals surface area contributed by atoms with E-state index in [0.717, 1.165) is 35.0 Å². The molecule has 1 amide bonds. The molecule has 2 N–H and O–H groups in total. The standard InChI is InChI=1S/C18H22ClN3O2S/c1-12-9-22(10-13(2)24-12)11-17(23)21-18-20-8-15(25-18)7-14-5-3-4-6-16(14)19/h3-6,8,12-13H,7,9-11H2,1-2H3,(H,20,21,23)/p+1/t12-,13+. The number of morpholine rings is 1. The number of carbonyl (C=O) groups is 1. The smallest absolute Gasteiger partial charge is 0.281 e. The number of nitrogens with one attached hydrogen (secondary N) is 2. The van der Waals surface area contributed by atoms with Gasteiger partial charge in [0, 0.05) is 22.5 Å². The molecule has 3 atom stereocenters. The van der Waals surface area contributed by atoms with E-state index >= 15 is 0 Å². The van der Waals surface area contributed by atoms with Crippen LogP contribution in [0.1, 0.15) is 24.3 Å². The number of nitrogens with zero attached hydrogens (tertiary/aromatic N) is 1. The van der Waals surface area contributed by atoms with Crippen LogP contribution in [0, 0.1) is 0 Å². The fraction of sp³-hybridized carbons (Fsp3) is 0.444. The number of hydrogen-bond acceptors (Lipinski definition) is 4. The highest BCUT2D eigenvalue weighted by atomic mass is 35.5. The topological polar surface area (TPSA) is 55.7 Å². The van der Waals surface area contributed by atoms with Crippen molar-refractivity contribution in [2.24, 2.45) is 0 Å². The number of anilines is 1. The molecule has 1 aliphatic heterocycles. The highest BCUT2D eigenvalue weighted by Crippen LogP contribution is 2.24. The van der Waals surface area contributed by atoms with Gasteiger partial charge in [0.25, 0.3) is 5.91 Å². The van der Waals surface area contributed by atoms with Crippen LogP contribution in [0.4, 0.5) is 5.13 Å². The van der Waals surface area contributed by atoms with Crippen LogP contribution in [0.3, 0.4) is 0 Å². The van der Waals surface area contributed by atoms with Crippen molar-refractivity contribution in [2.45, 2.75) is 32.5 Å². The van der Waals surface area contributed by atoms with Crippen molar-refractivity contribution in [3.63, 3.8) is 0 Å². The molecule has 0 saturated carbocycles. The van der Waals surface area contributed by atoms with Crippen LogP contribution in [0.15, 0.2) is 30.5 Å². The number of hydrogen-bond donors (Lipinski definition) is 2. The van der Waals surface area contributed by atoms with Crippen molar-refractivity contribution in [2.75, 3.05) is 25.0 Å². The molecule has 134 valence electrons. The predicted molar refractivity (Wildman–Crippen MR) is 101 cm³/mol. The number of quaternary nitrogens is 1. The van der Waals surface area contributed by atoms with Crippen molar-refractivity contribution in [3.05, 3.63) is 45.9 Å². The Morgan fingerprint density at radius 2 is 2.08 bits per heavy atom. The number of thiazole rings is 1. The Morgan fingerprint density at radius 1 is 1.36 bits per heavy atom. The lowest BCUT2D eigenvalue weighted by Gasteiger charge is -2.31. The molecule has 0 aliphatic carbocycles. The Bertz CT molecular complexity index is 727. The Labute approximate surface area is 157 Å². The van der Waals surface area contributed by atoms with Gasteiger partial charge in [0.15, 0.2) is 11.7 Å². The maximum atomic E-state index is 12.3. The summed E-state index contributed by atoms with van der Waals surface area (Å²) in [6.07, 6.45) is 2.90. The molecule has 1 saturated heterocycles. The van der Waals surface area contributed by atoms with Gasteiger partial charge >= 0.3 is 0 Å². The van der Waals surface area contributed by atoms with Crippen LogP contribution in [0.5, 0.6) is 0 Å². The molecule has 0 radical (unpaired) electrons. The lowest BCUT2D eigenvalue weighted by molar-refractivity contribution is -0.907. The predicted octanol–water partition coefficient (Wildman–Crippen LogP) is 2.02. The van der Waals surface area contributed by atoms with E-state index in [1.54, 1.807) is 6.20 Å². The second-order valence-electron chi connectivity index (χ2n) is 6.54. The van der Waals surface area contributed by atoms with E-state index in [2.05, 4.69) is 24.1 Å². The molecule has 0 spiro atoms. The molecule has 1 aliphatic rings. The van der Waals surface area contributed by atoms with E-state index < -0.39 is 0 Å². The van der Waals surface area contributed by atoms with Gasteiger partial charge in [-0.05, 0) is 25.5 Å². The molecule has 0 bridgehead atoms. The summed E-state index contributed by atoms with van der Waals surface area (Å²) in [7, 11) is 0. The van der Waals surface area contributed by atoms with E-state index in [1.165, 1.54) is 16.2 Å². The van der Waals surface area contributed by atoms with Crippen molar-refractivity contribution in [3.8, 4) is 0 Å². The third-order valence-electron chi connectivity index (χ3n) is 4.15. The van der Waals surface area contributed by atoms with Gasteiger partial charge in [-0.2, -0.15) is 0 Å². The normalized spacial score (nSPS) is 23.4. The second-order valence-corrected chi connectivity index (χ2v) is 8.06. The van der Waals surface area contributed by atoms with E-state index in [-0.39, 0.29) is 18.1 Å². The summed E-state index contributed by atoms with van der Waals surface area (Å²) in [6, 6.07) is 7.77. The minimum Gasteiger partial charge on any atom is -0.364 e. The summed E-state index contributed by atoms with van der Waals surface area (Å²) < 4.78 is 5.71. The number of carbonyl (C=O) groups excluding carboxylic acids is 1. The first kappa shape index (κ1) is 18.3. The van der Waals surface area contributed by atoms with E-state index in [4.69, 9.17) is 16.3 Å². The van der Waals surface area contributed by atoms with Gasteiger partial charge in [-0.25, -0.2) is 4.98 Å². The van der Waals surface area contributed by atoms with E-state index in [0.29, 0.717) is 11.7 Å². The van der Waals surface area contributed by atoms with Crippen LogP contribution >= 0.6 is 22.9 Å². The first-order valence-electron chi connectivity index (χ1n) is 8.46. The van der Waals surface area contributed by atoms with E-state index in [1.807, 2.05) is 24.3 Å². The molecule has 1 fully saturated rings. The molecule has 2 heterocycles. The average Bonchev–Trinajstić information content (AvgIpc) is 2.95. The first-order chi connectivity index (χ1) is 12.0. The Kier molecular flexibility index (Phi) is 6.06. The second kappa shape index (κ2) is 8.27. The van der Waals surface area contributed by atoms with Crippen molar-refractivity contribution in [1.29, 1.82) is 0 Å². The van der Waals surface area contributed by atoms with Gasteiger partial charge in [0.1, 0.15) is 25.3 Å². The fourth-order valence-corrected chi connectivity index (χ4v) is 4.25. The zero-order chi connectivity index (χ0) is 17.8. The lowest BCUT2D eigenvalue weighted by Crippen LogP contribution is -3.16. The molecule has 2 aromatic rings. The number of ether oxygens (including phenoxy) is 1. The first-order valence-corrected chi connectivity index (χ1v) is 9.66. The summed E-state index contributed by atoms with van der Waals surface area (Å²) in [5, 5.41) is 4.30. The molecular weight excluding hydrogens is 358 g/mol. The summed E-state index contributed by atoms with van der Waals surface area (Å²) in [5.41, 5.74) is 1.06. The highest BCUT2D eigenvalue weighted by Gasteiger charge is 2.27.